The molecule has 1 unspecified atom stereocenters. The smallest absolute Gasteiger partial charge is 0.292 e. The van der Waals surface area contributed by atoms with Gasteiger partial charge in [-0.25, -0.2) is 9.67 Å². The van der Waals surface area contributed by atoms with Crippen LogP contribution in [0.2, 0.25) is 5.02 Å². The molecule has 0 aliphatic rings. The van der Waals surface area contributed by atoms with Gasteiger partial charge in [-0.2, -0.15) is 10.2 Å². The monoisotopic (exact) mass is 278 g/mol. The molecule has 0 spiro atoms. The predicted molar refractivity (Wildman–Crippen MR) is 70.8 cm³/mol. The van der Waals surface area contributed by atoms with Crippen LogP contribution in [0.25, 0.3) is 0 Å². The van der Waals surface area contributed by atoms with Crippen molar-refractivity contribution in [1.29, 1.82) is 0 Å². The largest absolute Gasteiger partial charge is 0.370 e. The molecular weight excluding hydrogens is 268 g/mol. The lowest BCUT2D eigenvalue weighted by Gasteiger charge is -2.13. The van der Waals surface area contributed by atoms with Crippen molar-refractivity contribution in [2.24, 2.45) is 0 Å². The minimum Gasteiger partial charge on any atom is -0.370 e. The van der Waals surface area contributed by atoms with Gasteiger partial charge >= 0.3 is 0 Å². The first-order chi connectivity index (χ1) is 9.13. The number of hydrogen-bond donors (Lipinski definition) is 2. The molecule has 0 saturated heterocycles. The van der Waals surface area contributed by atoms with Crippen molar-refractivity contribution >= 4 is 17.3 Å². The van der Waals surface area contributed by atoms with Gasteiger partial charge in [0.05, 0.1) is 17.3 Å². The van der Waals surface area contributed by atoms with Gasteiger partial charge in [-0.15, -0.1) is 6.42 Å². The predicted octanol–water partition coefficient (Wildman–Crippen LogP) is 0.821. The Kier molecular flexibility index (Phi) is 3.82. The third-order valence-electron chi connectivity index (χ3n) is 2.44. The highest BCUT2D eigenvalue weighted by molar-refractivity contribution is 6.33. The minimum absolute atomic E-state index is 0.0847. The third kappa shape index (κ3) is 2.74. The second-order valence-electron chi connectivity index (χ2n) is 3.77. The van der Waals surface area contributed by atoms with E-state index in [0.29, 0.717) is 5.82 Å². The molecule has 0 radical (unpaired) electrons. The molecule has 2 heterocycles. The molecule has 2 rings (SSSR count). The Morgan fingerprint density at radius 1 is 1.68 bits per heavy atom. The summed E-state index contributed by atoms with van der Waals surface area (Å²) in [5.41, 5.74) is -0.146. The lowest BCUT2D eigenvalue weighted by molar-refractivity contribution is 0.661. The summed E-state index contributed by atoms with van der Waals surface area (Å²) in [6.45, 7) is 1.91. The normalized spacial score (nSPS) is 11.8. The zero-order valence-electron chi connectivity index (χ0n) is 10.1. The number of aromatic nitrogens is 5. The topological polar surface area (TPSA) is 88.5 Å². The van der Waals surface area contributed by atoms with E-state index in [1.54, 1.807) is 0 Å². The third-order valence-corrected chi connectivity index (χ3v) is 2.73. The zero-order valence-corrected chi connectivity index (χ0v) is 10.8. The van der Waals surface area contributed by atoms with Crippen molar-refractivity contribution < 1.29 is 0 Å². The summed E-state index contributed by atoms with van der Waals surface area (Å²) in [4.78, 5) is 16.1. The van der Waals surface area contributed by atoms with Gasteiger partial charge in [-0.3, -0.25) is 9.89 Å². The van der Waals surface area contributed by atoms with E-state index < -0.39 is 0 Å². The molecule has 0 aliphatic carbocycles. The fraction of sp³-hybridized carbons (Fsp3) is 0.273. The standard InChI is InChI=1S/C11H11ClN6O/c1-3-4-18-11(19)9(8(12)5-15-18)16-7(2)10-13-6-14-17-10/h1,5-7,16H,4H2,2H3,(H,13,14,17). The number of halogens is 1. The van der Waals surface area contributed by atoms with Crippen LogP contribution in [-0.4, -0.2) is 25.0 Å². The number of hydrogen-bond acceptors (Lipinski definition) is 5. The highest BCUT2D eigenvalue weighted by Crippen LogP contribution is 2.20. The van der Waals surface area contributed by atoms with Crippen molar-refractivity contribution in [3.63, 3.8) is 0 Å². The number of nitrogens with zero attached hydrogens (tertiary/aromatic N) is 4. The number of terminal acetylenes is 1. The summed E-state index contributed by atoms with van der Waals surface area (Å²) in [6.07, 6.45) is 7.93. The van der Waals surface area contributed by atoms with E-state index in [4.69, 9.17) is 18.0 Å². The van der Waals surface area contributed by atoms with Gasteiger partial charge in [0, 0.05) is 0 Å². The molecular formula is C11H11ClN6O. The lowest BCUT2D eigenvalue weighted by atomic mass is 10.3. The van der Waals surface area contributed by atoms with E-state index in [1.165, 1.54) is 12.5 Å². The van der Waals surface area contributed by atoms with Gasteiger partial charge < -0.3 is 5.32 Å². The first-order valence-corrected chi connectivity index (χ1v) is 5.82. The molecule has 0 aromatic carbocycles. The van der Waals surface area contributed by atoms with Gasteiger partial charge in [-0.1, -0.05) is 17.5 Å². The first-order valence-electron chi connectivity index (χ1n) is 5.44. The second-order valence-corrected chi connectivity index (χ2v) is 4.18. The summed E-state index contributed by atoms with van der Waals surface area (Å²) in [6, 6.07) is -0.255. The summed E-state index contributed by atoms with van der Waals surface area (Å²) >= 11 is 5.97. The van der Waals surface area contributed by atoms with Crippen LogP contribution in [0.15, 0.2) is 17.3 Å². The summed E-state index contributed by atoms with van der Waals surface area (Å²) in [5.74, 6) is 2.95. The van der Waals surface area contributed by atoms with Crippen molar-refractivity contribution in [1.82, 2.24) is 25.0 Å². The Morgan fingerprint density at radius 3 is 3.11 bits per heavy atom. The van der Waals surface area contributed by atoms with Crippen molar-refractivity contribution in [2.75, 3.05) is 5.32 Å². The fourth-order valence-electron chi connectivity index (χ4n) is 1.51. The number of aromatic amines is 1. The average molecular weight is 279 g/mol. The number of rotatable bonds is 4. The Labute approximate surface area is 114 Å². The van der Waals surface area contributed by atoms with Gasteiger partial charge in [0.2, 0.25) is 0 Å². The molecule has 0 amide bonds. The van der Waals surface area contributed by atoms with Crippen LogP contribution in [0.1, 0.15) is 18.8 Å². The molecule has 98 valence electrons. The molecule has 0 saturated carbocycles. The number of H-pyrrole nitrogens is 1. The van der Waals surface area contributed by atoms with Crippen LogP contribution in [0.5, 0.6) is 0 Å². The van der Waals surface area contributed by atoms with Gasteiger partial charge in [0.25, 0.3) is 5.56 Å². The van der Waals surface area contributed by atoms with Crippen molar-refractivity contribution in [3.05, 3.63) is 33.7 Å². The Balaban J connectivity index is 2.32. The van der Waals surface area contributed by atoms with Crippen molar-refractivity contribution in [3.8, 4) is 12.3 Å². The second kappa shape index (κ2) is 5.54. The highest BCUT2D eigenvalue weighted by atomic mass is 35.5. The average Bonchev–Trinajstić information content (AvgIpc) is 2.92. The molecule has 2 aromatic heterocycles. The Bertz CT molecular complexity index is 657. The molecule has 0 bridgehead atoms. The quantitative estimate of drug-likeness (QED) is 0.809. The summed E-state index contributed by atoms with van der Waals surface area (Å²) in [5, 5.41) is 13.5. The van der Waals surface area contributed by atoms with E-state index in [1.807, 2.05) is 6.92 Å². The van der Waals surface area contributed by atoms with Gasteiger partial charge in [0.1, 0.15) is 24.4 Å². The summed E-state index contributed by atoms with van der Waals surface area (Å²) in [7, 11) is 0. The molecule has 8 heteroatoms. The summed E-state index contributed by atoms with van der Waals surface area (Å²) < 4.78 is 1.15. The highest BCUT2D eigenvalue weighted by Gasteiger charge is 2.14. The first kappa shape index (κ1) is 13.1. The van der Waals surface area contributed by atoms with E-state index in [9.17, 15) is 4.79 Å². The zero-order chi connectivity index (χ0) is 13.8. The Morgan fingerprint density at radius 2 is 2.47 bits per heavy atom. The SMILES string of the molecule is C#CCn1ncc(Cl)c(NC(C)c2ncn[nH]2)c1=O. The maximum absolute atomic E-state index is 12.1. The van der Waals surface area contributed by atoms with Crippen LogP contribution in [-0.2, 0) is 6.54 Å². The molecule has 0 aliphatic heterocycles. The number of nitrogens with one attached hydrogen (secondary N) is 2. The maximum atomic E-state index is 12.1. The Hall–Kier alpha value is -2.33. The van der Waals surface area contributed by atoms with Crippen LogP contribution in [0, 0.1) is 12.3 Å². The number of anilines is 1. The molecule has 1 atom stereocenters. The lowest BCUT2D eigenvalue weighted by Crippen LogP contribution is -2.26. The minimum atomic E-state index is -0.378. The molecule has 0 fully saturated rings. The van der Waals surface area contributed by atoms with E-state index in [0.717, 1.165) is 4.68 Å². The van der Waals surface area contributed by atoms with E-state index in [-0.39, 0.29) is 28.9 Å². The maximum Gasteiger partial charge on any atom is 0.292 e. The van der Waals surface area contributed by atoms with E-state index >= 15 is 0 Å². The fourth-order valence-corrected chi connectivity index (χ4v) is 1.69. The molecule has 2 aromatic rings. The van der Waals surface area contributed by atoms with Crippen LogP contribution in [0.3, 0.4) is 0 Å². The van der Waals surface area contributed by atoms with Crippen molar-refractivity contribution in [2.45, 2.75) is 19.5 Å². The van der Waals surface area contributed by atoms with Crippen LogP contribution in [0.4, 0.5) is 5.69 Å². The van der Waals surface area contributed by atoms with Gasteiger partial charge in [0.15, 0.2) is 0 Å². The van der Waals surface area contributed by atoms with Gasteiger partial charge in [-0.05, 0) is 6.92 Å². The molecule has 7 nitrogen and oxygen atoms in total. The van der Waals surface area contributed by atoms with Crippen LogP contribution >= 0.6 is 11.6 Å². The molecule has 19 heavy (non-hydrogen) atoms. The molecule has 2 N–H and O–H groups in total. The van der Waals surface area contributed by atoms with Crippen LogP contribution < -0.4 is 10.9 Å². The van der Waals surface area contributed by atoms with E-state index in [2.05, 4.69) is 31.5 Å².